The minimum Gasteiger partial charge on any atom is -0.394 e. The number of nitrogens with zero attached hydrogens (tertiary/aromatic N) is 3. The molecule has 1 amide bonds. The third kappa shape index (κ3) is 5.52. The summed E-state index contributed by atoms with van der Waals surface area (Å²) in [6.07, 6.45) is -8.45. The van der Waals surface area contributed by atoms with Crippen LogP contribution in [-0.2, 0) is 9.53 Å². The number of aromatic nitrogens is 4. The number of aromatic amines is 1. The van der Waals surface area contributed by atoms with E-state index in [1.165, 1.54) is 6.33 Å². The quantitative estimate of drug-likeness (QED) is 0.246. The van der Waals surface area contributed by atoms with Crippen molar-refractivity contribution in [1.82, 2.24) is 25.5 Å². The molecule has 2 aromatic heterocycles. The van der Waals surface area contributed by atoms with E-state index in [0.29, 0.717) is 11.0 Å². The summed E-state index contributed by atoms with van der Waals surface area (Å²) in [5, 5.41) is 43.3. The zero-order chi connectivity index (χ0) is 22.5. The normalized spacial score (nSPS) is 23.3. The van der Waals surface area contributed by atoms with Gasteiger partial charge in [0.25, 0.3) is 0 Å². The van der Waals surface area contributed by atoms with Gasteiger partial charge in [-0.2, -0.15) is 18.3 Å². The molecule has 2 aromatic rings. The molecule has 8 N–H and O–H groups in total. The number of nitrogens with two attached hydrogens (primary N) is 1. The number of anilines is 1. The van der Waals surface area contributed by atoms with Gasteiger partial charge in [0, 0.05) is 0 Å². The number of ether oxygens (including phenoxy) is 1. The van der Waals surface area contributed by atoms with Gasteiger partial charge in [-0.25, -0.2) is 9.97 Å². The molecule has 0 saturated carbocycles. The Morgan fingerprint density at radius 1 is 1.30 bits per heavy atom. The Morgan fingerprint density at radius 3 is 2.53 bits per heavy atom. The summed E-state index contributed by atoms with van der Waals surface area (Å²) in [5.41, 5.74) is 6.17. The third-order valence-corrected chi connectivity index (χ3v) is 3.71. The number of hydrogen-bond donors (Lipinski definition) is 7. The van der Waals surface area contributed by atoms with Crippen molar-refractivity contribution < 1.29 is 43.1 Å². The number of rotatable bonds is 2. The fourth-order valence-electron chi connectivity index (χ4n) is 2.20. The molecular weight excluding hydrogens is 417 g/mol. The molecule has 12 nitrogen and oxygen atoms in total. The molecule has 1 saturated heterocycles. The van der Waals surface area contributed by atoms with Gasteiger partial charge in [-0.3, -0.25) is 9.89 Å². The molecule has 30 heavy (non-hydrogen) atoms. The van der Waals surface area contributed by atoms with Gasteiger partial charge in [0.1, 0.15) is 36.2 Å². The number of aliphatic hydroxyl groups excluding tert-OH is 4. The molecule has 0 bridgehead atoms. The molecule has 0 spiro atoms. The highest BCUT2D eigenvalue weighted by atomic mass is 19.4. The van der Waals surface area contributed by atoms with Gasteiger partial charge in [-0.1, -0.05) is 5.92 Å². The van der Waals surface area contributed by atoms with E-state index in [4.69, 9.17) is 26.2 Å². The van der Waals surface area contributed by atoms with E-state index in [9.17, 15) is 18.0 Å². The van der Waals surface area contributed by atoms with Gasteiger partial charge >= 0.3 is 12.1 Å². The molecule has 0 radical (unpaired) electrons. The van der Waals surface area contributed by atoms with Crippen LogP contribution in [0.5, 0.6) is 0 Å². The topological polar surface area (TPSA) is 200 Å². The summed E-state index contributed by atoms with van der Waals surface area (Å²) in [5.74, 6) is 2.91. The third-order valence-electron chi connectivity index (χ3n) is 3.71. The average molecular weight is 434 g/mol. The maximum atomic E-state index is 11.9. The number of amides is 1. The molecule has 15 heteroatoms. The number of fused-ring (bicyclic) bond motifs is 1. The van der Waals surface area contributed by atoms with Crippen LogP contribution in [0.3, 0.4) is 0 Å². The molecule has 0 aromatic carbocycles. The smallest absolute Gasteiger partial charge is 0.394 e. The molecule has 3 heterocycles. The highest BCUT2D eigenvalue weighted by Gasteiger charge is 2.41. The first-order chi connectivity index (χ1) is 14.1. The Hall–Kier alpha value is -3.03. The number of halogens is 3. The van der Waals surface area contributed by atoms with Crippen LogP contribution in [0.2, 0.25) is 0 Å². The van der Waals surface area contributed by atoms with Gasteiger partial charge in [0.05, 0.1) is 18.5 Å². The van der Waals surface area contributed by atoms with Crippen LogP contribution < -0.4 is 11.1 Å². The Labute approximate surface area is 165 Å². The maximum Gasteiger partial charge on any atom is 0.471 e. The van der Waals surface area contributed by atoms with Crippen LogP contribution in [-0.4, -0.2) is 90.4 Å². The number of carbonyl (C=O) groups is 1. The molecule has 1 aliphatic heterocycles. The summed E-state index contributed by atoms with van der Waals surface area (Å²) >= 11 is 0. The van der Waals surface area contributed by atoms with Crippen molar-refractivity contribution in [1.29, 1.82) is 0 Å². The number of H-pyrrole nitrogens is 1. The van der Waals surface area contributed by atoms with E-state index in [1.54, 1.807) is 5.32 Å². The predicted octanol–water partition coefficient (Wildman–Crippen LogP) is -2.62. The Balaban J connectivity index is 0.000000269. The average Bonchev–Trinajstić information content (AvgIpc) is 3.22. The van der Waals surface area contributed by atoms with Crippen molar-refractivity contribution in [2.45, 2.75) is 30.8 Å². The van der Waals surface area contributed by atoms with Crippen molar-refractivity contribution in [3.8, 4) is 11.8 Å². The van der Waals surface area contributed by atoms with E-state index < -0.39 is 49.8 Å². The monoisotopic (exact) mass is 434 g/mol. The standard InChI is InChI=1S/C10H7F3N6O.C5H10O5/c11-10(12,13)9(20)15-3-1-2-5-6-7(14)16-4-17-8(6)19-18-5;6-1-2-3(7)4(8)5(9)10-2/h4H,3H2,(H,15,20)(H3,14,16,17,18,19);2-9H,1H2/t;2-,3-,4-,5-/m.1/s1. The lowest BCUT2D eigenvalue weighted by Crippen LogP contribution is -2.36. The summed E-state index contributed by atoms with van der Waals surface area (Å²) < 4.78 is 40.2. The zero-order valence-corrected chi connectivity index (χ0v) is 15.0. The lowest BCUT2D eigenvalue weighted by atomic mass is 10.1. The first-order valence-corrected chi connectivity index (χ1v) is 8.15. The van der Waals surface area contributed by atoms with Crippen molar-refractivity contribution in [2.75, 3.05) is 18.9 Å². The summed E-state index contributed by atoms with van der Waals surface area (Å²) in [6.45, 7) is -0.879. The Bertz CT molecular complexity index is 942. The Morgan fingerprint density at radius 2 is 2.00 bits per heavy atom. The molecule has 164 valence electrons. The molecule has 1 aliphatic rings. The molecular formula is C15H17F3N6O6. The molecule has 0 unspecified atom stereocenters. The zero-order valence-electron chi connectivity index (χ0n) is 15.0. The lowest BCUT2D eigenvalue weighted by Gasteiger charge is -2.09. The second-order valence-corrected chi connectivity index (χ2v) is 5.77. The van der Waals surface area contributed by atoms with Crippen molar-refractivity contribution in [2.24, 2.45) is 0 Å². The number of carbonyl (C=O) groups excluding carboxylic acids is 1. The lowest BCUT2D eigenvalue weighted by molar-refractivity contribution is -0.173. The first-order valence-electron chi connectivity index (χ1n) is 8.15. The number of aliphatic hydroxyl groups is 4. The van der Waals surface area contributed by atoms with Crippen molar-refractivity contribution in [3.05, 3.63) is 12.0 Å². The molecule has 0 aliphatic carbocycles. The van der Waals surface area contributed by atoms with Gasteiger partial charge in [-0.05, 0) is 5.92 Å². The summed E-state index contributed by atoms with van der Waals surface area (Å²) in [7, 11) is 0. The van der Waals surface area contributed by atoms with Gasteiger partial charge < -0.3 is 36.2 Å². The van der Waals surface area contributed by atoms with E-state index in [1.807, 2.05) is 0 Å². The fourth-order valence-corrected chi connectivity index (χ4v) is 2.20. The molecule has 1 fully saturated rings. The number of nitrogen functional groups attached to an aromatic ring is 1. The highest BCUT2D eigenvalue weighted by molar-refractivity contribution is 5.89. The summed E-state index contributed by atoms with van der Waals surface area (Å²) in [6, 6.07) is 0. The molecule has 3 rings (SSSR count). The summed E-state index contributed by atoms with van der Waals surface area (Å²) in [4.78, 5) is 18.1. The van der Waals surface area contributed by atoms with E-state index in [2.05, 4.69) is 36.7 Å². The SMILES string of the molecule is Nc1ncnc2[nH]nc(C#CCNC(=O)C(F)(F)F)c12.OC[C@H]1O[C@@H](O)[C@H](O)[C@@H]1O. The van der Waals surface area contributed by atoms with Crippen LogP contribution >= 0.6 is 0 Å². The van der Waals surface area contributed by atoms with Crippen LogP contribution in [0.15, 0.2) is 6.33 Å². The van der Waals surface area contributed by atoms with Crippen molar-refractivity contribution >= 4 is 22.8 Å². The highest BCUT2D eigenvalue weighted by Crippen LogP contribution is 2.19. The van der Waals surface area contributed by atoms with Crippen molar-refractivity contribution in [3.63, 3.8) is 0 Å². The van der Waals surface area contributed by atoms with Crippen LogP contribution in [0.4, 0.5) is 19.0 Å². The second-order valence-electron chi connectivity index (χ2n) is 5.77. The van der Waals surface area contributed by atoms with Crippen LogP contribution in [0, 0.1) is 11.8 Å². The van der Waals surface area contributed by atoms with E-state index in [0.717, 1.165) is 0 Å². The van der Waals surface area contributed by atoms with E-state index >= 15 is 0 Å². The van der Waals surface area contributed by atoms with Crippen LogP contribution in [0.25, 0.3) is 11.0 Å². The molecule has 4 atom stereocenters. The first kappa shape index (κ1) is 23.3. The maximum absolute atomic E-state index is 11.9. The number of alkyl halides is 3. The predicted molar refractivity (Wildman–Crippen MR) is 92.0 cm³/mol. The largest absolute Gasteiger partial charge is 0.471 e. The second kappa shape index (κ2) is 9.65. The number of nitrogens with one attached hydrogen (secondary N) is 2. The van der Waals surface area contributed by atoms with Crippen LogP contribution in [0.1, 0.15) is 5.69 Å². The Kier molecular flexibility index (Phi) is 7.48. The van der Waals surface area contributed by atoms with E-state index in [-0.39, 0.29) is 11.5 Å². The number of hydrogen-bond acceptors (Lipinski definition) is 10. The fraction of sp³-hybridized carbons (Fsp3) is 0.467. The van der Waals surface area contributed by atoms with Gasteiger partial charge in [0.15, 0.2) is 11.9 Å². The van der Waals surface area contributed by atoms with Gasteiger partial charge in [0.2, 0.25) is 0 Å². The minimum atomic E-state index is -4.93. The minimum absolute atomic E-state index is 0.146. The van der Waals surface area contributed by atoms with Gasteiger partial charge in [-0.15, -0.1) is 0 Å².